The number of aliphatic imine (C=N–C) groups is 1. The fraction of sp³-hybridized carbons (Fsp3) is 0.320. The van der Waals surface area contributed by atoms with Crippen LogP contribution in [0.15, 0.2) is 94.1 Å². The van der Waals surface area contributed by atoms with Gasteiger partial charge in [-0.3, -0.25) is 0 Å². The molecule has 0 unspecified atom stereocenters. The second-order valence-corrected chi connectivity index (χ2v) is 4.72. The summed E-state index contributed by atoms with van der Waals surface area (Å²) in [6.45, 7) is 13.2. The molecule has 0 bridgehead atoms. The zero-order valence-corrected chi connectivity index (χ0v) is 19.1. The third-order valence-corrected chi connectivity index (χ3v) is 2.80. The molecule has 0 N–H and O–H groups in total. The Morgan fingerprint density at radius 3 is 0.964 bits per heavy atom. The van der Waals surface area contributed by atoms with Crippen molar-refractivity contribution in [2.24, 2.45) is 15.2 Å². The van der Waals surface area contributed by atoms with Gasteiger partial charge in [-0.15, -0.1) is 0 Å². The first kappa shape index (κ1) is 29.9. The summed E-state index contributed by atoms with van der Waals surface area (Å²) in [7, 11) is 4.92. The topological polar surface area (TPSA) is 37.1 Å². The lowest BCUT2D eigenvalue weighted by molar-refractivity contribution is 1.11. The van der Waals surface area contributed by atoms with Crippen LogP contribution in [0.4, 0.5) is 0 Å². The predicted molar refractivity (Wildman–Crippen MR) is 130 cm³/mol. The molecule has 0 aromatic heterocycles. The first-order valence-electron chi connectivity index (χ1n) is 9.67. The molecule has 0 saturated heterocycles. The third kappa shape index (κ3) is 19.5. The molecule has 0 amide bonds. The largest absolute Gasteiger partial charge is 0.304 e. The van der Waals surface area contributed by atoms with Crippen LogP contribution in [0.2, 0.25) is 0 Å². The molecule has 0 fully saturated rings. The Morgan fingerprint density at radius 1 is 0.536 bits per heavy atom. The molecule has 0 aliphatic heterocycles. The summed E-state index contributed by atoms with van der Waals surface area (Å²) in [5.41, 5.74) is 1.32. The van der Waals surface area contributed by atoms with E-state index in [2.05, 4.69) is 89.5 Å². The van der Waals surface area contributed by atoms with Crippen molar-refractivity contribution in [3.63, 3.8) is 0 Å². The summed E-state index contributed by atoms with van der Waals surface area (Å²) in [6.07, 6.45) is 0. The van der Waals surface area contributed by atoms with Crippen molar-refractivity contribution in [2.45, 2.75) is 34.6 Å². The van der Waals surface area contributed by atoms with Crippen molar-refractivity contribution in [3.05, 3.63) is 84.4 Å². The van der Waals surface area contributed by atoms with Gasteiger partial charge in [-0.05, 0) is 24.4 Å². The quantitative estimate of drug-likeness (QED) is 0.280. The van der Waals surface area contributed by atoms with E-state index in [1.165, 1.54) is 16.3 Å². The van der Waals surface area contributed by atoms with Gasteiger partial charge in [0.15, 0.2) is 0 Å². The lowest BCUT2D eigenvalue weighted by Crippen LogP contribution is -1.67. The van der Waals surface area contributed by atoms with E-state index in [1.807, 2.05) is 45.9 Å². The Hall–Kier alpha value is -2.81. The summed E-state index contributed by atoms with van der Waals surface area (Å²) < 4.78 is 0. The van der Waals surface area contributed by atoms with Crippen molar-refractivity contribution >= 4 is 17.5 Å². The number of hydrogen-bond acceptors (Lipinski definition) is 3. The molecule has 0 radical (unpaired) electrons. The maximum atomic E-state index is 3.36. The van der Waals surface area contributed by atoms with Gasteiger partial charge in [0.1, 0.15) is 0 Å². The maximum absolute atomic E-state index is 3.36. The van der Waals surface area contributed by atoms with Crippen LogP contribution in [-0.4, -0.2) is 27.9 Å². The summed E-state index contributed by atoms with van der Waals surface area (Å²) >= 11 is 0. The lowest BCUT2D eigenvalue weighted by Gasteiger charge is -1.92. The molecule has 3 rings (SSSR count). The zero-order valence-electron chi connectivity index (χ0n) is 19.1. The Kier molecular flexibility index (Phi) is 28.2. The van der Waals surface area contributed by atoms with Gasteiger partial charge >= 0.3 is 0 Å². The maximum Gasteiger partial charge on any atom is 0.0487 e. The van der Waals surface area contributed by atoms with Crippen molar-refractivity contribution in [1.29, 1.82) is 0 Å². The minimum Gasteiger partial charge on any atom is -0.304 e. The lowest BCUT2D eigenvalue weighted by atomic mass is 10.1. The van der Waals surface area contributed by atoms with Crippen LogP contribution < -0.4 is 0 Å². The number of azo groups is 1. The Labute approximate surface area is 173 Å². The smallest absolute Gasteiger partial charge is 0.0487 e. The van der Waals surface area contributed by atoms with E-state index in [-0.39, 0.29) is 0 Å². The number of rotatable bonds is 0. The second-order valence-electron chi connectivity index (χ2n) is 4.72. The van der Waals surface area contributed by atoms with Gasteiger partial charge < -0.3 is 4.99 Å². The number of aryl methyl sites for hydroxylation is 1. The molecule has 0 saturated carbocycles. The van der Waals surface area contributed by atoms with Crippen LogP contribution in [0.25, 0.3) is 10.8 Å². The van der Waals surface area contributed by atoms with Crippen LogP contribution in [0, 0.1) is 6.92 Å². The van der Waals surface area contributed by atoms with Crippen LogP contribution in [0.5, 0.6) is 0 Å². The molecule has 154 valence electrons. The molecular weight excluding hydrogens is 342 g/mol. The van der Waals surface area contributed by atoms with Crippen molar-refractivity contribution in [1.82, 2.24) is 0 Å². The molecular formula is C25H39N3. The molecule has 0 aliphatic rings. The van der Waals surface area contributed by atoms with Gasteiger partial charge in [0.05, 0.1) is 0 Å². The van der Waals surface area contributed by atoms with E-state index < -0.39 is 0 Å². The zero-order chi connectivity index (χ0) is 22.0. The van der Waals surface area contributed by atoms with Crippen LogP contribution >= 0.6 is 0 Å². The third-order valence-electron chi connectivity index (χ3n) is 2.80. The van der Waals surface area contributed by atoms with E-state index >= 15 is 0 Å². The van der Waals surface area contributed by atoms with Gasteiger partial charge in [-0.2, -0.15) is 10.2 Å². The highest BCUT2D eigenvalue weighted by Gasteiger charge is 1.85. The number of hydrogen-bond donors (Lipinski definition) is 0. The number of benzene rings is 3. The van der Waals surface area contributed by atoms with E-state index in [1.54, 1.807) is 21.1 Å². The van der Waals surface area contributed by atoms with E-state index in [4.69, 9.17) is 0 Å². The first-order valence-corrected chi connectivity index (χ1v) is 9.67. The van der Waals surface area contributed by atoms with E-state index in [9.17, 15) is 0 Å². The minimum absolute atomic E-state index is 1.31. The van der Waals surface area contributed by atoms with Crippen LogP contribution in [0.3, 0.4) is 0 Å². The highest BCUT2D eigenvalue weighted by atomic mass is 15.0. The molecule has 0 atom stereocenters. The molecule has 3 aromatic rings. The van der Waals surface area contributed by atoms with Gasteiger partial charge in [0.25, 0.3) is 0 Å². The molecule has 3 aromatic carbocycles. The molecule has 0 heterocycles. The molecule has 28 heavy (non-hydrogen) atoms. The van der Waals surface area contributed by atoms with E-state index in [0.717, 1.165) is 0 Å². The van der Waals surface area contributed by atoms with Crippen LogP contribution in [-0.2, 0) is 0 Å². The fourth-order valence-corrected chi connectivity index (χ4v) is 1.67. The standard InChI is InChI=1S/C10H8.C7H8.C2H6N2.C2H5N.2C2H6/c1-2-6-10-8-4-3-7-9(10)5-1;1-7-5-3-2-4-6-7;1-3-4-2;1-3-2;2*1-2/h1-8H;2-6H,1H3;1-2H3;1H2,2H3;2*1-2H3. The van der Waals surface area contributed by atoms with Gasteiger partial charge in [-0.25, -0.2) is 0 Å². The van der Waals surface area contributed by atoms with E-state index in [0.29, 0.717) is 0 Å². The molecule has 0 aliphatic carbocycles. The Balaban J connectivity index is -0.000000307. The van der Waals surface area contributed by atoms with Crippen molar-refractivity contribution in [2.75, 3.05) is 21.1 Å². The molecule has 0 spiro atoms. The monoisotopic (exact) mass is 381 g/mol. The van der Waals surface area contributed by atoms with Gasteiger partial charge in [-0.1, -0.05) is 112 Å². The normalized spacial score (nSPS) is 8.00. The Morgan fingerprint density at radius 2 is 0.786 bits per heavy atom. The summed E-state index contributed by atoms with van der Waals surface area (Å²) in [4.78, 5) is 3.25. The average molecular weight is 382 g/mol. The minimum atomic E-state index is 1.31. The second kappa shape index (κ2) is 26.4. The highest BCUT2D eigenvalue weighted by molar-refractivity contribution is 5.81. The average Bonchev–Trinajstić information content (AvgIpc) is 2.78. The van der Waals surface area contributed by atoms with Gasteiger partial charge in [0, 0.05) is 21.1 Å². The summed E-state index contributed by atoms with van der Waals surface area (Å²) in [5, 5.41) is 9.34. The van der Waals surface area contributed by atoms with Gasteiger partial charge in [0.2, 0.25) is 0 Å². The molecule has 3 nitrogen and oxygen atoms in total. The van der Waals surface area contributed by atoms with Crippen LogP contribution in [0.1, 0.15) is 33.3 Å². The Bertz CT molecular complexity index is 623. The highest BCUT2D eigenvalue weighted by Crippen LogP contribution is 2.11. The number of nitrogens with zero attached hydrogens (tertiary/aromatic N) is 3. The fourth-order valence-electron chi connectivity index (χ4n) is 1.67. The first-order chi connectivity index (χ1) is 13.7. The summed E-state index contributed by atoms with van der Waals surface area (Å²) in [5.74, 6) is 0. The predicted octanol–water partition coefficient (Wildman–Crippen LogP) is 7.90. The SMILES string of the molecule is C=NC.CC.CC.CN=NC.Cc1ccccc1.c1ccc2ccccc2c1. The summed E-state index contributed by atoms with van der Waals surface area (Å²) in [6, 6.07) is 27.0. The number of fused-ring (bicyclic) bond motifs is 1. The van der Waals surface area contributed by atoms with Crippen molar-refractivity contribution < 1.29 is 0 Å². The van der Waals surface area contributed by atoms with Crippen molar-refractivity contribution in [3.8, 4) is 0 Å². The molecule has 3 heteroatoms.